The quantitative estimate of drug-likeness (QED) is 0.331. The van der Waals surface area contributed by atoms with Gasteiger partial charge in [0.2, 0.25) is 0 Å². The standard InChI is InChI=1S/C7H11NO/c1-3-4-7(9)6(2)5-8/h3-5,8-9H,1-2H3/b4-3-,7-6-,8-5?. The first-order valence-corrected chi connectivity index (χ1v) is 2.75. The maximum Gasteiger partial charge on any atom is 0.119 e. The van der Waals surface area contributed by atoms with Crippen LogP contribution in [0.25, 0.3) is 0 Å². The summed E-state index contributed by atoms with van der Waals surface area (Å²) < 4.78 is 0. The van der Waals surface area contributed by atoms with Gasteiger partial charge in [-0.2, -0.15) is 0 Å². The molecule has 0 bridgehead atoms. The minimum atomic E-state index is 0.160. The minimum Gasteiger partial charge on any atom is -0.508 e. The molecule has 0 saturated heterocycles. The number of nitrogens with one attached hydrogen (secondary N) is 1. The predicted octanol–water partition coefficient (Wildman–Crippen LogP) is 2.04. The normalized spacial score (nSPS) is 13.6. The van der Waals surface area contributed by atoms with E-state index < -0.39 is 0 Å². The molecule has 0 aromatic rings. The summed E-state index contributed by atoms with van der Waals surface area (Å²) in [6.07, 6.45) is 4.40. The molecule has 0 atom stereocenters. The second-order valence-corrected chi connectivity index (χ2v) is 1.71. The predicted molar refractivity (Wildman–Crippen MR) is 38.9 cm³/mol. The first kappa shape index (κ1) is 7.95. The topological polar surface area (TPSA) is 44.1 Å². The van der Waals surface area contributed by atoms with E-state index in [9.17, 15) is 0 Å². The molecule has 0 aliphatic carbocycles. The second-order valence-electron chi connectivity index (χ2n) is 1.71. The van der Waals surface area contributed by atoms with Crippen LogP contribution >= 0.6 is 0 Å². The molecule has 0 aliphatic rings. The van der Waals surface area contributed by atoms with Crippen molar-refractivity contribution in [2.24, 2.45) is 0 Å². The van der Waals surface area contributed by atoms with Crippen molar-refractivity contribution in [3.63, 3.8) is 0 Å². The van der Waals surface area contributed by atoms with E-state index in [0.29, 0.717) is 5.57 Å². The summed E-state index contributed by atoms with van der Waals surface area (Å²) in [4.78, 5) is 0. The molecule has 0 radical (unpaired) electrons. The monoisotopic (exact) mass is 125 g/mol. The first-order chi connectivity index (χ1) is 4.22. The van der Waals surface area contributed by atoms with Crippen LogP contribution in [0.15, 0.2) is 23.5 Å². The summed E-state index contributed by atoms with van der Waals surface area (Å²) in [5, 5.41) is 15.7. The van der Waals surface area contributed by atoms with E-state index >= 15 is 0 Å². The molecule has 0 aromatic carbocycles. The van der Waals surface area contributed by atoms with Crippen molar-refractivity contribution < 1.29 is 5.11 Å². The van der Waals surface area contributed by atoms with Crippen molar-refractivity contribution in [1.82, 2.24) is 0 Å². The van der Waals surface area contributed by atoms with Gasteiger partial charge < -0.3 is 10.5 Å². The third kappa shape index (κ3) is 2.69. The molecule has 0 saturated carbocycles. The lowest BCUT2D eigenvalue weighted by Gasteiger charge is -1.91. The Morgan fingerprint density at radius 2 is 2.11 bits per heavy atom. The van der Waals surface area contributed by atoms with Gasteiger partial charge in [-0.1, -0.05) is 6.08 Å². The van der Waals surface area contributed by atoms with Gasteiger partial charge in [-0.05, 0) is 19.9 Å². The summed E-state index contributed by atoms with van der Waals surface area (Å²) in [5.74, 6) is 0.160. The largest absolute Gasteiger partial charge is 0.508 e. The van der Waals surface area contributed by atoms with Crippen LogP contribution in [0.1, 0.15) is 13.8 Å². The molecular weight excluding hydrogens is 114 g/mol. The van der Waals surface area contributed by atoms with Gasteiger partial charge >= 0.3 is 0 Å². The van der Waals surface area contributed by atoms with E-state index in [2.05, 4.69) is 0 Å². The molecule has 0 aromatic heterocycles. The Morgan fingerprint density at radius 1 is 1.56 bits per heavy atom. The van der Waals surface area contributed by atoms with E-state index in [0.717, 1.165) is 6.21 Å². The molecule has 9 heavy (non-hydrogen) atoms. The molecule has 0 heterocycles. The van der Waals surface area contributed by atoms with E-state index in [1.165, 1.54) is 0 Å². The highest BCUT2D eigenvalue weighted by Crippen LogP contribution is 1.97. The molecule has 0 amide bonds. The van der Waals surface area contributed by atoms with Crippen LogP contribution in [-0.2, 0) is 0 Å². The molecule has 2 heteroatoms. The zero-order valence-electron chi connectivity index (χ0n) is 5.68. The van der Waals surface area contributed by atoms with E-state index in [1.54, 1.807) is 19.1 Å². The van der Waals surface area contributed by atoms with Crippen LogP contribution in [0.3, 0.4) is 0 Å². The van der Waals surface area contributed by atoms with Crippen LogP contribution in [0, 0.1) is 5.41 Å². The van der Waals surface area contributed by atoms with Crippen molar-refractivity contribution >= 4 is 6.21 Å². The fraction of sp³-hybridized carbons (Fsp3) is 0.286. The second kappa shape index (κ2) is 3.89. The zero-order valence-corrected chi connectivity index (χ0v) is 5.68. The number of aliphatic hydroxyl groups excluding tert-OH is 1. The Balaban J connectivity index is 4.27. The molecule has 0 spiro atoms. The average Bonchev–Trinajstić information content (AvgIpc) is 1.87. The first-order valence-electron chi connectivity index (χ1n) is 2.75. The van der Waals surface area contributed by atoms with Crippen LogP contribution < -0.4 is 0 Å². The summed E-state index contributed by atoms with van der Waals surface area (Å²) in [7, 11) is 0. The summed E-state index contributed by atoms with van der Waals surface area (Å²) in [5.41, 5.74) is 0.577. The third-order valence-electron chi connectivity index (χ3n) is 0.945. The SMILES string of the molecule is C/C=C\C(O)=C(/C)C=N. The van der Waals surface area contributed by atoms with Crippen LogP contribution in [0.2, 0.25) is 0 Å². The van der Waals surface area contributed by atoms with Crippen molar-refractivity contribution in [3.8, 4) is 0 Å². The Morgan fingerprint density at radius 3 is 2.44 bits per heavy atom. The molecule has 50 valence electrons. The van der Waals surface area contributed by atoms with Gasteiger partial charge in [0.05, 0.1) is 0 Å². The summed E-state index contributed by atoms with van der Waals surface area (Å²) in [6.45, 7) is 3.50. The van der Waals surface area contributed by atoms with Gasteiger partial charge in [-0.25, -0.2) is 0 Å². The summed E-state index contributed by atoms with van der Waals surface area (Å²) >= 11 is 0. The van der Waals surface area contributed by atoms with E-state index in [1.807, 2.05) is 6.92 Å². The van der Waals surface area contributed by atoms with Gasteiger partial charge in [-0.3, -0.25) is 0 Å². The fourth-order valence-electron chi connectivity index (χ4n) is 0.363. The smallest absolute Gasteiger partial charge is 0.119 e. The zero-order chi connectivity index (χ0) is 7.28. The molecular formula is C7H11NO. The van der Waals surface area contributed by atoms with Crippen LogP contribution in [-0.4, -0.2) is 11.3 Å². The molecule has 0 rings (SSSR count). The number of rotatable bonds is 2. The Labute approximate surface area is 55.0 Å². The molecule has 0 fully saturated rings. The van der Waals surface area contributed by atoms with E-state index in [4.69, 9.17) is 10.5 Å². The molecule has 0 unspecified atom stereocenters. The van der Waals surface area contributed by atoms with Crippen molar-refractivity contribution in [1.29, 1.82) is 5.41 Å². The Bertz CT molecular complexity index is 156. The van der Waals surface area contributed by atoms with Crippen LogP contribution in [0.5, 0.6) is 0 Å². The fourth-order valence-corrected chi connectivity index (χ4v) is 0.363. The number of aliphatic hydroxyl groups is 1. The highest BCUT2D eigenvalue weighted by molar-refractivity contribution is 5.76. The lowest BCUT2D eigenvalue weighted by atomic mass is 10.2. The van der Waals surface area contributed by atoms with Gasteiger partial charge in [0.1, 0.15) is 5.76 Å². The Hall–Kier alpha value is -1.05. The van der Waals surface area contributed by atoms with Crippen LogP contribution in [0.4, 0.5) is 0 Å². The highest BCUT2D eigenvalue weighted by atomic mass is 16.3. The number of hydrogen-bond acceptors (Lipinski definition) is 2. The minimum absolute atomic E-state index is 0.160. The van der Waals surface area contributed by atoms with Gasteiger partial charge in [-0.15, -0.1) is 0 Å². The van der Waals surface area contributed by atoms with Crippen molar-refractivity contribution in [3.05, 3.63) is 23.5 Å². The Kier molecular flexibility index (Phi) is 3.44. The number of hydrogen-bond donors (Lipinski definition) is 2. The maximum atomic E-state index is 8.96. The number of allylic oxidation sites excluding steroid dienone is 3. The molecule has 2 N–H and O–H groups in total. The van der Waals surface area contributed by atoms with Crippen molar-refractivity contribution in [2.45, 2.75) is 13.8 Å². The van der Waals surface area contributed by atoms with E-state index in [-0.39, 0.29) is 5.76 Å². The molecule has 2 nitrogen and oxygen atoms in total. The van der Waals surface area contributed by atoms with Gasteiger partial charge in [0.15, 0.2) is 0 Å². The lowest BCUT2D eigenvalue weighted by molar-refractivity contribution is 0.429. The average molecular weight is 125 g/mol. The highest BCUT2D eigenvalue weighted by Gasteiger charge is 1.88. The summed E-state index contributed by atoms with van der Waals surface area (Å²) in [6, 6.07) is 0. The van der Waals surface area contributed by atoms with Gasteiger partial charge in [0.25, 0.3) is 0 Å². The third-order valence-corrected chi connectivity index (χ3v) is 0.945. The van der Waals surface area contributed by atoms with Crippen molar-refractivity contribution in [2.75, 3.05) is 0 Å². The maximum absolute atomic E-state index is 8.96. The van der Waals surface area contributed by atoms with Gasteiger partial charge in [0, 0.05) is 11.8 Å². The molecule has 0 aliphatic heterocycles. The lowest BCUT2D eigenvalue weighted by Crippen LogP contribution is -1.82.